The lowest BCUT2D eigenvalue weighted by Gasteiger charge is -2.38. The largest absolute Gasteiger partial charge is 0.497 e. The maximum Gasteiger partial charge on any atom is 0.213 e. The predicted molar refractivity (Wildman–Crippen MR) is 117 cm³/mol. The average Bonchev–Trinajstić information content (AvgIpc) is 3.24. The van der Waals surface area contributed by atoms with Gasteiger partial charge >= 0.3 is 0 Å². The molecule has 2 aliphatic heterocycles. The van der Waals surface area contributed by atoms with Gasteiger partial charge in [-0.25, -0.2) is 5.01 Å². The summed E-state index contributed by atoms with van der Waals surface area (Å²) in [6, 6.07) is 25.1. The molecule has 0 unspecified atom stereocenters. The Morgan fingerprint density at radius 3 is 2.66 bits per heavy atom. The molecule has 0 spiro atoms. The van der Waals surface area contributed by atoms with E-state index in [2.05, 4.69) is 59.8 Å². The van der Waals surface area contributed by atoms with E-state index in [4.69, 9.17) is 14.6 Å². The first-order chi connectivity index (χ1) is 14.3. The SMILES string of the molecule is COc1cccc(C2=NN3[C@H](C2)c2ccccc2O[C@H]3c2ccc(SC)cc2)c1. The second kappa shape index (κ2) is 7.48. The van der Waals surface area contributed by atoms with E-state index in [1.165, 1.54) is 10.5 Å². The molecule has 29 heavy (non-hydrogen) atoms. The Hall–Kier alpha value is -2.92. The Bertz CT molecular complexity index is 1060. The van der Waals surface area contributed by atoms with Crippen molar-refractivity contribution in [2.24, 2.45) is 5.10 Å². The van der Waals surface area contributed by atoms with Crippen molar-refractivity contribution in [2.75, 3.05) is 13.4 Å². The fourth-order valence-electron chi connectivity index (χ4n) is 4.00. The van der Waals surface area contributed by atoms with Gasteiger partial charge in [-0.1, -0.05) is 42.5 Å². The van der Waals surface area contributed by atoms with E-state index in [1.54, 1.807) is 18.9 Å². The van der Waals surface area contributed by atoms with E-state index < -0.39 is 0 Å². The van der Waals surface area contributed by atoms with Gasteiger partial charge in [0.05, 0.1) is 18.9 Å². The number of hydrogen-bond acceptors (Lipinski definition) is 5. The molecule has 2 aliphatic rings. The number of rotatable bonds is 4. The number of para-hydroxylation sites is 1. The van der Waals surface area contributed by atoms with Crippen molar-refractivity contribution < 1.29 is 9.47 Å². The van der Waals surface area contributed by atoms with Crippen molar-refractivity contribution in [3.63, 3.8) is 0 Å². The molecule has 0 amide bonds. The average molecular weight is 403 g/mol. The summed E-state index contributed by atoms with van der Waals surface area (Å²) in [6.45, 7) is 0. The first-order valence-electron chi connectivity index (χ1n) is 9.66. The summed E-state index contributed by atoms with van der Waals surface area (Å²) in [6.07, 6.45) is 2.69. The van der Waals surface area contributed by atoms with Gasteiger partial charge in [0.1, 0.15) is 11.5 Å². The highest BCUT2D eigenvalue weighted by atomic mass is 32.2. The number of fused-ring (bicyclic) bond motifs is 3. The minimum atomic E-state index is -0.242. The van der Waals surface area contributed by atoms with E-state index >= 15 is 0 Å². The smallest absolute Gasteiger partial charge is 0.213 e. The van der Waals surface area contributed by atoms with E-state index in [0.717, 1.165) is 34.8 Å². The van der Waals surface area contributed by atoms with Gasteiger partial charge in [0, 0.05) is 28.0 Å². The molecule has 4 nitrogen and oxygen atoms in total. The summed E-state index contributed by atoms with van der Waals surface area (Å²) in [5.74, 6) is 1.78. The van der Waals surface area contributed by atoms with Crippen LogP contribution in [0.2, 0.25) is 0 Å². The molecule has 0 fully saturated rings. The quantitative estimate of drug-likeness (QED) is 0.528. The molecule has 0 aromatic heterocycles. The van der Waals surface area contributed by atoms with Crippen LogP contribution in [-0.2, 0) is 0 Å². The van der Waals surface area contributed by atoms with Crippen LogP contribution < -0.4 is 9.47 Å². The van der Waals surface area contributed by atoms with Crippen molar-refractivity contribution in [1.29, 1.82) is 0 Å². The summed E-state index contributed by atoms with van der Waals surface area (Å²) in [5.41, 5.74) is 4.44. The Labute approximate surface area is 175 Å². The second-order valence-corrected chi connectivity index (χ2v) is 8.04. The summed E-state index contributed by atoms with van der Waals surface area (Å²) >= 11 is 1.74. The standard InChI is InChI=1S/C24H22N2O2S/c1-27-18-7-5-6-17(14-18)21-15-22-20-8-3-4-9-23(20)28-24(26(22)25-21)16-10-12-19(29-2)13-11-16/h3-14,22,24H,15H2,1-2H3/t22-,24+/m1/s1. The van der Waals surface area contributed by atoms with Gasteiger partial charge in [0.25, 0.3) is 0 Å². The molecule has 5 rings (SSSR count). The zero-order valence-electron chi connectivity index (χ0n) is 16.4. The normalized spacial score (nSPS) is 19.8. The maximum absolute atomic E-state index is 6.42. The van der Waals surface area contributed by atoms with Gasteiger partial charge in [0.15, 0.2) is 0 Å². The van der Waals surface area contributed by atoms with Crippen molar-refractivity contribution >= 4 is 17.5 Å². The third-order valence-electron chi connectivity index (χ3n) is 5.50. The highest BCUT2D eigenvalue weighted by Gasteiger charge is 2.40. The predicted octanol–water partition coefficient (Wildman–Crippen LogP) is 5.66. The van der Waals surface area contributed by atoms with Gasteiger partial charge in [-0.2, -0.15) is 5.10 Å². The molecule has 0 saturated heterocycles. The fourth-order valence-corrected chi connectivity index (χ4v) is 4.41. The summed E-state index contributed by atoms with van der Waals surface area (Å²) in [7, 11) is 1.69. The molecule has 3 aromatic carbocycles. The van der Waals surface area contributed by atoms with Crippen molar-refractivity contribution in [1.82, 2.24) is 5.01 Å². The minimum absolute atomic E-state index is 0.159. The first kappa shape index (κ1) is 18.1. The van der Waals surface area contributed by atoms with Crippen LogP contribution in [0.4, 0.5) is 0 Å². The van der Waals surface area contributed by atoms with Gasteiger partial charge in [-0.05, 0) is 36.6 Å². The molecule has 0 aliphatic carbocycles. The van der Waals surface area contributed by atoms with Crippen LogP contribution in [0.5, 0.6) is 11.5 Å². The van der Waals surface area contributed by atoms with Gasteiger partial charge < -0.3 is 9.47 Å². The third-order valence-corrected chi connectivity index (χ3v) is 6.25. The van der Waals surface area contributed by atoms with Crippen molar-refractivity contribution in [3.05, 3.63) is 89.5 Å². The summed E-state index contributed by atoms with van der Waals surface area (Å²) in [4.78, 5) is 1.24. The van der Waals surface area contributed by atoms with Gasteiger partial charge in [-0.3, -0.25) is 0 Å². The van der Waals surface area contributed by atoms with E-state index in [0.29, 0.717) is 0 Å². The lowest BCUT2D eigenvalue weighted by atomic mass is 9.96. The van der Waals surface area contributed by atoms with Gasteiger partial charge in [-0.15, -0.1) is 11.8 Å². The topological polar surface area (TPSA) is 34.1 Å². The van der Waals surface area contributed by atoms with Gasteiger partial charge in [0.2, 0.25) is 6.23 Å². The molecule has 0 radical (unpaired) electrons. The molecule has 3 aromatic rings. The molecular formula is C24H22N2O2S. The van der Waals surface area contributed by atoms with Crippen molar-refractivity contribution in [3.8, 4) is 11.5 Å². The second-order valence-electron chi connectivity index (χ2n) is 7.16. The van der Waals surface area contributed by atoms with Crippen LogP contribution in [0.25, 0.3) is 0 Å². The number of hydrazone groups is 1. The Balaban J connectivity index is 1.56. The maximum atomic E-state index is 6.42. The third kappa shape index (κ3) is 3.25. The zero-order valence-corrected chi connectivity index (χ0v) is 17.2. The molecular weight excluding hydrogens is 380 g/mol. The monoisotopic (exact) mass is 402 g/mol. The Morgan fingerprint density at radius 1 is 1.03 bits per heavy atom. The van der Waals surface area contributed by atoms with Crippen LogP contribution in [0, 0.1) is 0 Å². The highest BCUT2D eigenvalue weighted by molar-refractivity contribution is 7.98. The lowest BCUT2D eigenvalue weighted by Crippen LogP contribution is -2.33. The van der Waals surface area contributed by atoms with Crippen molar-refractivity contribution in [2.45, 2.75) is 23.6 Å². The Morgan fingerprint density at radius 2 is 1.86 bits per heavy atom. The highest BCUT2D eigenvalue weighted by Crippen LogP contribution is 2.47. The van der Waals surface area contributed by atoms with E-state index in [1.807, 2.05) is 24.3 Å². The molecule has 0 bridgehead atoms. The zero-order chi connectivity index (χ0) is 19.8. The van der Waals surface area contributed by atoms with Crippen LogP contribution in [0.1, 0.15) is 35.4 Å². The van der Waals surface area contributed by atoms with Crippen LogP contribution in [-0.4, -0.2) is 24.1 Å². The van der Waals surface area contributed by atoms with E-state index in [-0.39, 0.29) is 12.3 Å². The van der Waals surface area contributed by atoms with Crippen LogP contribution in [0.3, 0.4) is 0 Å². The van der Waals surface area contributed by atoms with Crippen LogP contribution in [0.15, 0.2) is 82.8 Å². The van der Waals surface area contributed by atoms with E-state index in [9.17, 15) is 0 Å². The number of nitrogens with zero attached hydrogens (tertiary/aromatic N) is 2. The summed E-state index contributed by atoms with van der Waals surface area (Å²) < 4.78 is 11.8. The number of thioether (sulfide) groups is 1. The number of methoxy groups -OCH3 is 1. The summed E-state index contributed by atoms with van der Waals surface area (Å²) in [5, 5.41) is 7.14. The Kier molecular flexibility index (Phi) is 4.68. The molecule has 5 heteroatoms. The first-order valence-corrected chi connectivity index (χ1v) is 10.9. The lowest BCUT2D eigenvalue weighted by molar-refractivity contribution is -0.0190. The molecule has 146 valence electrons. The molecule has 2 atom stereocenters. The molecule has 0 saturated carbocycles. The number of ether oxygens (including phenoxy) is 2. The number of hydrogen-bond donors (Lipinski definition) is 0. The molecule has 0 N–H and O–H groups in total. The van der Waals surface area contributed by atoms with Crippen LogP contribution >= 0.6 is 11.8 Å². The number of benzene rings is 3. The minimum Gasteiger partial charge on any atom is -0.497 e. The fraction of sp³-hybridized carbons (Fsp3) is 0.208. The molecule has 2 heterocycles.